The lowest BCUT2D eigenvalue weighted by Crippen LogP contribution is -2.16. The van der Waals surface area contributed by atoms with Crippen molar-refractivity contribution in [3.05, 3.63) is 58.4 Å². The number of rotatable bonds is 3. The first-order chi connectivity index (χ1) is 9.70. The van der Waals surface area contributed by atoms with Gasteiger partial charge in [-0.1, -0.05) is 17.7 Å². The summed E-state index contributed by atoms with van der Waals surface area (Å²) in [5.74, 6) is -0.435. The molecule has 0 amide bonds. The van der Waals surface area contributed by atoms with Crippen molar-refractivity contribution in [3.8, 4) is 0 Å². The Morgan fingerprint density at radius 3 is 2.00 bits per heavy atom. The molecule has 0 spiro atoms. The Balaban J connectivity index is 2.48. The van der Waals surface area contributed by atoms with Crippen LogP contribution >= 0.6 is 0 Å². The summed E-state index contributed by atoms with van der Waals surface area (Å²) < 4.78 is 41.0. The zero-order valence-corrected chi connectivity index (χ0v) is 13.3. The molecule has 0 saturated carbocycles. The van der Waals surface area contributed by atoms with Crippen molar-refractivity contribution >= 4 is 15.7 Å². The Morgan fingerprint density at radius 2 is 1.48 bits per heavy atom. The molecule has 0 saturated heterocycles. The van der Waals surface area contributed by atoms with Gasteiger partial charge < -0.3 is 0 Å². The predicted octanol–water partition coefficient (Wildman–Crippen LogP) is 3.86. The van der Waals surface area contributed by atoms with Gasteiger partial charge >= 0.3 is 0 Å². The number of sulfonamides is 1. The van der Waals surface area contributed by atoms with Crippen LogP contribution in [0.3, 0.4) is 0 Å². The van der Waals surface area contributed by atoms with Gasteiger partial charge in [0.1, 0.15) is 5.82 Å². The number of halogens is 1. The third kappa shape index (κ3) is 3.24. The molecule has 2 aromatic carbocycles. The summed E-state index contributed by atoms with van der Waals surface area (Å²) in [6.07, 6.45) is 0. The zero-order chi connectivity index (χ0) is 15.8. The molecule has 1 N–H and O–H groups in total. The summed E-state index contributed by atoms with van der Waals surface area (Å²) in [7, 11) is -3.74. The van der Waals surface area contributed by atoms with Crippen LogP contribution in [0.4, 0.5) is 10.1 Å². The van der Waals surface area contributed by atoms with Gasteiger partial charge in [0.2, 0.25) is 0 Å². The van der Waals surface area contributed by atoms with Gasteiger partial charge in [0.15, 0.2) is 0 Å². The van der Waals surface area contributed by atoms with Crippen molar-refractivity contribution in [2.75, 3.05) is 4.72 Å². The first-order valence-corrected chi connectivity index (χ1v) is 8.06. The average molecular weight is 307 g/mol. The van der Waals surface area contributed by atoms with Crippen molar-refractivity contribution in [2.45, 2.75) is 32.6 Å². The van der Waals surface area contributed by atoms with Crippen molar-refractivity contribution in [3.63, 3.8) is 0 Å². The molecule has 2 rings (SSSR count). The van der Waals surface area contributed by atoms with Crippen LogP contribution in [0.15, 0.2) is 35.2 Å². The van der Waals surface area contributed by atoms with Crippen LogP contribution in [0, 0.1) is 33.5 Å². The molecule has 0 aliphatic rings. The van der Waals surface area contributed by atoms with E-state index in [1.165, 1.54) is 12.1 Å². The summed E-state index contributed by atoms with van der Waals surface area (Å²) in [6.45, 7) is 6.97. The lowest BCUT2D eigenvalue weighted by atomic mass is 10.1. The monoisotopic (exact) mass is 307 g/mol. The minimum atomic E-state index is -3.74. The second kappa shape index (κ2) is 5.48. The molecule has 112 valence electrons. The predicted molar refractivity (Wildman–Crippen MR) is 82.6 cm³/mol. The molecule has 2 aromatic rings. The first-order valence-electron chi connectivity index (χ1n) is 6.57. The van der Waals surface area contributed by atoms with Crippen LogP contribution < -0.4 is 4.72 Å². The Bertz CT molecular complexity index is 775. The van der Waals surface area contributed by atoms with E-state index in [4.69, 9.17) is 0 Å². The number of benzene rings is 2. The molecule has 0 bridgehead atoms. The SMILES string of the molecule is Cc1ccc(NS(=O)(=O)c2c(C)cc(F)cc2C)c(C)c1. The molecule has 5 heteroatoms. The summed E-state index contributed by atoms with van der Waals surface area (Å²) >= 11 is 0. The lowest BCUT2D eigenvalue weighted by molar-refractivity contribution is 0.597. The van der Waals surface area contributed by atoms with E-state index >= 15 is 0 Å². The number of anilines is 1. The Kier molecular flexibility index (Phi) is 4.05. The quantitative estimate of drug-likeness (QED) is 0.936. The minimum absolute atomic E-state index is 0.129. The average Bonchev–Trinajstić information content (AvgIpc) is 2.30. The van der Waals surface area contributed by atoms with E-state index in [1.807, 2.05) is 26.0 Å². The van der Waals surface area contributed by atoms with E-state index in [0.29, 0.717) is 16.8 Å². The van der Waals surface area contributed by atoms with Gasteiger partial charge in [0.05, 0.1) is 10.6 Å². The number of aryl methyl sites for hydroxylation is 4. The molecule has 0 fully saturated rings. The molecule has 0 aliphatic carbocycles. The van der Waals surface area contributed by atoms with Gasteiger partial charge in [-0.25, -0.2) is 12.8 Å². The lowest BCUT2D eigenvalue weighted by Gasteiger charge is -2.15. The van der Waals surface area contributed by atoms with Crippen molar-refractivity contribution in [1.29, 1.82) is 0 Å². The van der Waals surface area contributed by atoms with E-state index in [2.05, 4.69) is 4.72 Å². The number of hydrogen-bond donors (Lipinski definition) is 1. The fraction of sp³-hybridized carbons (Fsp3) is 0.250. The Morgan fingerprint density at radius 1 is 0.905 bits per heavy atom. The van der Waals surface area contributed by atoms with E-state index in [0.717, 1.165) is 11.1 Å². The molecule has 0 radical (unpaired) electrons. The van der Waals surface area contributed by atoms with Crippen LogP contribution in [0.2, 0.25) is 0 Å². The fourth-order valence-corrected chi connectivity index (χ4v) is 4.03. The Labute approximate surface area is 124 Å². The van der Waals surface area contributed by atoms with Crippen LogP contribution in [0.1, 0.15) is 22.3 Å². The zero-order valence-electron chi connectivity index (χ0n) is 12.5. The van der Waals surface area contributed by atoms with Gasteiger partial charge in [0, 0.05) is 0 Å². The maximum Gasteiger partial charge on any atom is 0.262 e. The summed E-state index contributed by atoms with van der Waals surface area (Å²) in [5.41, 5.74) is 3.22. The molecule has 21 heavy (non-hydrogen) atoms. The highest BCUT2D eigenvalue weighted by Gasteiger charge is 2.21. The highest BCUT2D eigenvalue weighted by molar-refractivity contribution is 7.92. The highest BCUT2D eigenvalue weighted by Crippen LogP contribution is 2.25. The largest absolute Gasteiger partial charge is 0.279 e. The number of nitrogens with one attached hydrogen (secondary N) is 1. The van der Waals surface area contributed by atoms with Gasteiger partial charge in [0.25, 0.3) is 10.0 Å². The van der Waals surface area contributed by atoms with Crippen LogP contribution in [0.25, 0.3) is 0 Å². The summed E-state index contributed by atoms with van der Waals surface area (Å²) in [4.78, 5) is 0.129. The Hall–Kier alpha value is -1.88. The number of hydrogen-bond acceptors (Lipinski definition) is 2. The molecule has 0 aliphatic heterocycles. The summed E-state index contributed by atoms with van der Waals surface area (Å²) in [5, 5.41) is 0. The van der Waals surface area contributed by atoms with E-state index in [1.54, 1.807) is 19.9 Å². The first kappa shape index (κ1) is 15.5. The van der Waals surface area contributed by atoms with E-state index in [-0.39, 0.29) is 4.90 Å². The van der Waals surface area contributed by atoms with Gasteiger partial charge in [-0.3, -0.25) is 4.72 Å². The van der Waals surface area contributed by atoms with Gasteiger partial charge in [-0.15, -0.1) is 0 Å². The molecule has 0 atom stereocenters. The third-order valence-electron chi connectivity index (χ3n) is 3.32. The van der Waals surface area contributed by atoms with E-state index in [9.17, 15) is 12.8 Å². The molecule has 0 unspecified atom stereocenters. The van der Waals surface area contributed by atoms with Crippen LogP contribution in [-0.2, 0) is 10.0 Å². The molecular formula is C16H18FNO2S. The second-order valence-corrected chi connectivity index (χ2v) is 6.91. The summed E-state index contributed by atoms with van der Waals surface area (Å²) in [6, 6.07) is 7.93. The van der Waals surface area contributed by atoms with Crippen LogP contribution in [0.5, 0.6) is 0 Å². The molecule has 3 nitrogen and oxygen atoms in total. The standard InChI is InChI=1S/C16H18FNO2S/c1-10-5-6-15(11(2)7-10)18-21(19,20)16-12(3)8-14(17)9-13(16)4/h5-9,18H,1-4H3. The minimum Gasteiger partial charge on any atom is -0.279 e. The van der Waals surface area contributed by atoms with Crippen molar-refractivity contribution in [1.82, 2.24) is 0 Å². The van der Waals surface area contributed by atoms with Gasteiger partial charge in [-0.2, -0.15) is 0 Å². The normalized spacial score (nSPS) is 11.5. The van der Waals surface area contributed by atoms with Crippen molar-refractivity contribution < 1.29 is 12.8 Å². The smallest absolute Gasteiger partial charge is 0.262 e. The van der Waals surface area contributed by atoms with Gasteiger partial charge in [-0.05, 0) is 62.6 Å². The maximum absolute atomic E-state index is 13.3. The molecule has 0 heterocycles. The van der Waals surface area contributed by atoms with E-state index < -0.39 is 15.8 Å². The van der Waals surface area contributed by atoms with Crippen molar-refractivity contribution in [2.24, 2.45) is 0 Å². The fourth-order valence-electron chi connectivity index (χ4n) is 2.45. The third-order valence-corrected chi connectivity index (χ3v) is 4.99. The van der Waals surface area contributed by atoms with Crippen LogP contribution in [-0.4, -0.2) is 8.42 Å². The molecular weight excluding hydrogens is 289 g/mol. The second-order valence-electron chi connectivity index (χ2n) is 5.29. The molecule has 0 aromatic heterocycles. The highest BCUT2D eigenvalue weighted by atomic mass is 32.2. The topological polar surface area (TPSA) is 46.2 Å². The maximum atomic E-state index is 13.3.